The van der Waals surface area contributed by atoms with Crippen LogP contribution in [0.1, 0.15) is 25.3 Å². The van der Waals surface area contributed by atoms with Crippen LogP contribution in [0.15, 0.2) is 18.2 Å². The largest absolute Gasteiger partial charge is 0.491 e. The van der Waals surface area contributed by atoms with Crippen molar-refractivity contribution in [3.05, 3.63) is 28.8 Å². The van der Waals surface area contributed by atoms with E-state index in [0.29, 0.717) is 11.7 Å². The van der Waals surface area contributed by atoms with E-state index in [-0.39, 0.29) is 6.61 Å². The van der Waals surface area contributed by atoms with E-state index in [4.69, 9.17) is 16.3 Å². The molecule has 0 heterocycles. The summed E-state index contributed by atoms with van der Waals surface area (Å²) >= 11 is 6.00. The lowest BCUT2D eigenvalue weighted by molar-refractivity contribution is 0.273. The maximum Gasteiger partial charge on any atom is 0.123 e. The van der Waals surface area contributed by atoms with Gasteiger partial charge >= 0.3 is 0 Å². The maximum absolute atomic E-state index is 11.9. The van der Waals surface area contributed by atoms with Gasteiger partial charge in [0.05, 0.1) is 0 Å². The van der Waals surface area contributed by atoms with Crippen LogP contribution in [-0.2, 0) is 0 Å². The average molecular weight is 217 g/mol. The van der Waals surface area contributed by atoms with Crippen LogP contribution in [-0.4, -0.2) is 13.3 Å². The highest BCUT2D eigenvalue weighted by Crippen LogP contribution is 2.28. The molecule has 0 radical (unpaired) electrons. The van der Waals surface area contributed by atoms with Gasteiger partial charge in [0.25, 0.3) is 0 Å². The van der Waals surface area contributed by atoms with Gasteiger partial charge in [-0.15, -0.1) is 0 Å². The van der Waals surface area contributed by atoms with Gasteiger partial charge in [0, 0.05) is 5.02 Å². The van der Waals surface area contributed by atoms with Gasteiger partial charge in [0.2, 0.25) is 0 Å². The summed E-state index contributed by atoms with van der Waals surface area (Å²) in [7, 11) is 0. The first-order valence-electron chi connectivity index (χ1n) is 4.63. The zero-order chi connectivity index (χ0) is 10.6. The van der Waals surface area contributed by atoms with Gasteiger partial charge in [-0.25, -0.2) is 4.39 Å². The molecule has 0 unspecified atom stereocenters. The predicted octanol–water partition coefficient (Wildman–Crippen LogP) is 3.81. The Balaban J connectivity index is 2.83. The number of alkyl halides is 1. The fourth-order valence-electron chi connectivity index (χ4n) is 1.21. The summed E-state index contributed by atoms with van der Waals surface area (Å²) in [5.41, 5.74) is 1.03. The van der Waals surface area contributed by atoms with E-state index in [1.165, 1.54) is 0 Å². The molecule has 0 spiro atoms. The molecule has 0 amide bonds. The van der Waals surface area contributed by atoms with Crippen molar-refractivity contribution < 1.29 is 9.13 Å². The Morgan fingerprint density at radius 3 is 2.71 bits per heavy atom. The van der Waals surface area contributed by atoms with Crippen molar-refractivity contribution in [3.63, 3.8) is 0 Å². The van der Waals surface area contributed by atoms with Crippen LogP contribution in [0.2, 0.25) is 5.02 Å². The molecule has 1 aromatic rings. The smallest absolute Gasteiger partial charge is 0.123 e. The lowest BCUT2D eigenvalue weighted by Crippen LogP contribution is -1.99. The van der Waals surface area contributed by atoms with Crippen molar-refractivity contribution in [2.75, 3.05) is 13.3 Å². The van der Waals surface area contributed by atoms with Crippen LogP contribution < -0.4 is 4.74 Å². The highest BCUT2D eigenvalue weighted by atomic mass is 35.5. The Bertz CT molecular complexity index is 299. The van der Waals surface area contributed by atoms with E-state index in [9.17, 15) is 4.39 Å². The summed E-state index contributed by atoms with van der Waals surface area (Å²) in [5.74, 6) is 1.02. The monoisotopic (exact) mass is 216 g/mol. The Hall–Kier alpha value is -0.760. The van der Waals surface area contributed by atoms with Crippen molar-refractivity contribution in [1.82, 2.24) is 0 Å². The van der Waals surface area contributed by atoms with E-state index in [1.807, 2.05) is 6.07 Å². The molecule has 0 aliphatic rings. The van der Waals surface area contributed by atoms with Gasteiger partial charge < -0.3 is 4.74 Å². The van der Waals surface area contributed by atoms with Crippen LogP contribution in [0, 0.1) is 0 Å². The van der Waals surface area contributed by atoms with Crippen molar-refractivity contribution >= 4 is 11.6 Å². The number of rotatable bonds is 4. The molecule has 0 aliphatic carbocycles. The van der Waals surface area contributed by atoms with E-state index in [0.717, 1.165) is 10.6 Å². The molecule has 78 valence electrons. The van der Waals surface area contributed by atoms with Crippen molar-refractivity contribution in [2.24, 2.45) is 0 Å². The fourth-order valence-corrected chi connectivity index (χ4v) is 1.55. The molecule has 14 heavy (non-hydrogen) atoms. The van der Waals surface area contributed by atoms with Gasteiger partial charge in [-0.3, -0.25) is 0 Å². The van der Waals surface area contributed by atoms with Gasteiger partial charge in [-0.05, 0) is 29.7 Å². The van der Waals surface area contributed by atoms with E-state index in [2.05, 4.69) is 13.8 Å². The molecule has 0 aromatic heterocycles. The molecule has 1 aromatic carbocycles. The lowest BCUT2D eigenvalue weighted by Gasteiger charge is -2.10. The SMILES string of the molecule is CC(C)c1cc(OCCF)ccc1Cl. The Kier molecular flexibility index (Phi) is 4.21. The molecule has 0 fully saturated rings. The van der Waals surface area contributed by atoms with Crippen LogP contribution in [0.3, 0.4) is 0 Å². The summed E-state index contributed by atoms with van der Waals surface area (Å²) in [6.45, 7) is 3.74. The quantitative estimate of drug-likeness (QED) is 0.744. The van der Waals surface area contributed by atoms with Gasteiger partial charge in [0.1, 0.15) is 19.0 Å². The maximum atomic E-state index is 11.9. The predicted molar refractivity (Wildman–Crippen MR) is 57.0 cm³/mol. The van der Waals surface area contributed by atoms with Gasteiger partial charge in [0.15, 0.2) is 0 Å². The molecule has 1 rings (SSSR count). The molecule has 0 N–H and O–H groups in total. The molecule has 1 nitrogen and oxygen atoms in total. The van der Waals surface area contributed by atoms with Crippen molar-refractivity contribution in [1.29, 1.82) is 0 Å². The van der Waals surface area contributed by atoms with Crippen LogP contribution in [0.25, 0.3) is 0 Å². The van der Waals surface area contributed by atoms with Crippen molar-refractivity contribution in [3.8, 4) is 5.75 Å². The Morgan fingerprint density at radius 2 is 2.14 bits per heavy atom. The molecule has 3 heteroatoms. The first kappa shape index (κ1) is 11.3. The van der Waals surface area contributed by atoms with E-state index in [1.54, 1.807) is 12.1 Å². The molecule has 0 saturated carbocycles. The number of benzene rings is 1. The minimum atomic E-state index is -0.473. The number of hydrogen-bond donors (Lipinski definition) is 0. The summed E-state index contributed by atoms with van der Waals surface area (Å²) < 4.78 is 17.0. The molecule has 0 bridgehead atoms. The second kappa shape index (κ2) is 5.20. The third-order valence-corrected chi connectivity index (χ3v) is 2.28. The zero-order valence-electron chi connectivity index (χ0n) is 8.39. The summed E-state index contributed by atoms with van der Waals surface area (Å²) in [6, 6.07) is 5.40. The minimum Gasteiger partial charge on any atom is -0.491 e. The highest BCUT2D eigenvalue weighted by Gasteiger charge is 2.06. The van der Waals surface area contributed by atoms with E-state index < -0.39 is 6.67 Å². The fraction of sp³-hybridized carbons (Fsp3) is 0.455. The molecular weight excluding hydrogens is 203 g/mol. The second-order valence-corrected chi connectivity index (χ2v) is 3.78. The summed E-state index contributed by atoms with van der Waals surface area (Å²) in [5, 5.41) is 0.729. The molecule has 0 saturated heterocycles. The topological polar surface area (TPSA) is 9.23 Å². The Labute approximate surface area is 88.8 Å². The van der Waals surface area contributed by atoms with Gasteiger partial charge in [-0.1, -0.05) is 25.4 Å². The average Bonchev–Trinajstić information content (AvgIpc) is 2.16. The number of hydrogen-bond acceptors (Lipinski definition) is 1. The second-order valence-electron chi connectivity index (χ2n) is 3.38. The lowest BCUT2D eigenvalue weighted by atomic mass is 10.0. The Morgan fingerprint density at radius 1 is 1.43 bits per heavy atom. The zero-order valence-corrected chi connectivity index (χ0v) is 9.14. The van der Waals surface area contributed by atoms with Crippen molar-refractivity contribution in [2.45, 2.75) is 19.8 Å². The minimum absolute atomic E-state index is 0.0964. The molecular formula is C11H14ClFO. The summed E-state index contributed by atoms with van der Waals surface area (Å²) in [4.78, 5) is 0. The number of ether oxygens (including phenoxy) is 1. The van der Waals surface area contributed by atoms with Gasteiger partial charge in [-0.2, -0.15) is 0 Å². The van der Waals surface area contributed by atoms with Crippen LogP contribution in [0.4, 0.5) is 4.39 Å². The van der Waals surface area contributed by atoms with Crippen LogP contribution >= 0.6 is 11.6 Å². The third kappa shape index (κ3) is 2.88. The normalized spacial score (nSPS) is 10.6. The third-order valence-electron chi connectivity index (χ3n) is 1.94. The van der Waals surface area contributed by atoms with Crippen LogP contribution in [0.5, 0.6) is 5.75 Å². The molecule has 0 aliphatic heterocycles. The molecule has 0 atom stereocenters. The highest BCUT2D eigenvalue weighted by molar-refractivity contribution is 6.31. The standard InChI is InChI=1S/C11H14ClFO/c1-8(2)10-7-9(14-6-5-13)3-4-11(10)12/h3-4,7-8H,5-6H2,1-2H3. The first-order valence-corrected chi connectivity index (χ1v) is 5.01. The summed E-state index contributed by atoms with van der Waals surface area (Å²) in [6.07, 6.45) is 0. The van der Waals surface area contributed by atoms with E-state index >= 15 is 0 Å². The first-order chi connectivity index (χ1) is 6.65. The number of halogens is 2.